The lowest BCUT2D eigenvalue weighted by atomic mass is 9.52. The van der Waals surface area contributed by atoms with E-state index in [0.717, 1.165) is 16.7 Å². The van der Waals surface area contributed by atoms with Gasteiger partial charge in [-0.2, -0.15) is 0 Å². The van der Waals surface area contributed by atoms with E-state index >= 15 is 0 Å². The first-order valence-corrected chi connectivity index (χ1v) is 11.4. The topological polar surface area (TPSA) is 110 Å². The molecule has 0 aromatic heterocycles. The van der Waals surface area contributed by atoms with Gasteiger partial charge in [0.15, 0.2) is 11.8 Å². The van der Waals surface area contributed by atoms with Gasteiger partial charge in [-0.25, -0.2) is 0 Å². The van der Waals surface area contributed by atoms with Crippen LogP contribution in [0.25, 0.3) is 0 Å². The number of nitrogens with one attached hydrogen (secondary N) is 1. The highest BCUT2D eigenvalue weighted by molar-refractivity contribution is 6.06. The second-order valence-corrected chi connectivity index (χ2v) is 10.00. The van der Waals surface area contributed by atoms with Crippen LogP contribution >= 0.6 is 0 Å². The number of aliphatic hydroxyl groups excluding tert-OH is 2. The van der Waals surface area contributed by atoms with Crippen LogP contribution in [-0.4, -0.2) is 47.8 Å². The molecule has 0 saturated heterocycles. The van der Waals surface area contributed by atoms with E-state index in [-0.39, 0.29) is 19.1 Å². The first-order valence-electron chi connectivity index (χ1n) is 11.4. The molecule has 3 atom stereocenters. The van der Waals surface area contributed by atoms with E-state index in [0.29, 0.717) is 34.8 Å². The average Bonchev–Trinajstić information content (AvgIpc) is 3.07. The maximum absolute atomic E-state index is 12.4. The van der Waals surface area contributed by atoms with Gasteiger partial charge in [0.2, 0.25) is 0 Å². The van der Waals surface area contributed by atoms with E-state index in [2.05, 4.69) is 36.5 Å². The van der Waals surface area contributed by atoms with Gasteiger partial charge in [0.1, 0.15) is 30.9 Å². The molecule has 1 spiro atoms. The van der Waals surface area contributed by atoms with Gasteiger partial charge in [-0.1, -0.05) is 49.7 Å². The molecule has 4 aliphatic rings. The highest BCUT2D eigenvalue weighted by Gasteiger charge is 2.63. The van der Waals surface area contributed by atoms with E-state index < -0.39 is 22.7 Å². The minimum atomic E-state index is -1.14. The standard InChI is InChI=1S/C26H30N2O6/c1-14-6-9-18-24(2,3)21(28-32-5)17(33-11-10-29)13-26(18)25(14,4)12-15-7-8-16-19(20(15)34-26)23(31)27-22(16)30/h6-9,13,23,29,31H,10-12H2,1-5H3,(H,27,30). The smallest absolute Gasteiger partial charge is 0.254 e. The largest absolute Gasteiger partial charge is 0.489 e. The highest BCUT2D eigenvalue weighted by Crippen LogP contribution is 2.62. The average molecular weight is 467 g/mol. The van der Waals surface area contributed by atoms with Crippen LogP contribution < -0.4 is 10.1 Å². The van der Waals surface area contributed by atoms with Crippen molar-refractivity contribution in [3.8, 4) is 5.75 Å². The Bertz CT molecular complexity index is 1210. The summed E-state index contributed by atoms with van der Waals surface area (Å²) >= 11 is 0. The molecule has 0 saturated carbocycles. The fourth-order valence-electron chi connectivity index (χ4n) is 5.88. The molecule has 5 rings (SSSR count). The lowest BCUT2D eigenvalue weighted by Crippen LogP contribution is -2.62. The molecule has 34 heavy (non-hydrogen) atoms. The maximum Gasteiger partial charge on any atom is 0.254 e. The Morgan fingerprint density at radius 1 is 1.26 bits per heavy atom. The number of aliphatic hydroxyl groups is 2. The Morgan fingerprint density at radius 2 is 2.03 bits per heavy atom. The van der Waals surface area contributed by atoms with Crippen LogP contribution in [0.3, 0.4) is 0 Å². The quantitative estimate of drug-likeness (QED) is 0.589. The van der Waals surface area contributed by atoms with Gasteiger partial charge in [0.05, 0.1) is 17.7 Å². The number of benzene rings is 1. The minimum absolute atomic E-state index is 0.0917. The summed E-state index contributed by atoms with van der Waals surface area (Å²) in [5.74, 6) is 0.670. The normalized spacial score (nSPS) is 31.6. The van der Waals surface area contributed by atoms with Crippen molar-refractivity contribution < 1.29 is 29.3 Å². The number of amides is 1. The highest BCUT2D eigenvalue weighted by atomic mass is 16.6. The van der Waals surface area contributed by atoms with Gasteiger partial charge in [0, 0.05) is 16.9 Å². The molecular weight excluding hydrogens is 436 g/mol. The van der Waals surface area contributed by atoms with Crippen LogP contribution in [0.5, 0.6) is 5.75 Å². The Labute approximate surface area is 198 Å². The van der Waals surface area contributed by atoms with Crippen LogP contribution in [0.4, 0.5) is 0 Å². The van der Waals surface area contributed by atoms with Crippen molar-refractivity contribution in [3.63, 3.8) is 0 Å². The number of hydrogen-bond donors (Lipinski definition) is 3. The third kappa shape index (κ3) is 2.78. The molecule has 1 aromatic carbocycles. The zero-order valence-corrected chi connectivity index (χ0v) is 20.1. The van der Waals surface area contributed by atoms with E-state index in [1.165, 1.54) is 7.11 Å². The zero-order valence-electron chi connectivity index (χ0n) is 20.1. The lowest BCUT2D eigenvalue weighted by Gasteiger charge is -2.58. The van der Waals surface area contributed by atoms with Gasteiger partial charge in [0.25, 0.3) is 5.91 Å². The molecule has 2 heterocycles. The molecule has 180 valence electrons. The number of carbonyl (C=O) groups excluding carboxylic acids is 1. The predicted molar refractivity (Wildman–Crippen MR) is 125 cm³/mol. The lowest BCUT2D eigenvalue weighted by molar-refractivity contribution is 0.00159. The molecular formula is C26H30N2O6. The number of hydrogen-bond acceptors (Lipinski definition) is 7. The number of rotatable bonds is 4. The number of oxime groups is 1. The third-order valence-electron chi connectivity index (χ3n) is 7.83. The van der Waals surface area contributed by atoms with E-state index in [1.54, 1.807) is 6.07 Å². The van der Waals surface area contributed by atoms with E-state index in [4.69, 9.17) is 14.3 Å². The van der Waals surface area contributed by atoms with Crippen LogP contribution in [0.1, 0.15) is 55.4 Å². The zero-order chi connectivity index (χ0) is 24.5. The van der Waals surface area contributed by atoms with Gasteiger partial charge in [-0.3, -0.25) is 4.79 Å². The monoisotopic (exact) mass is 466 g/mol. The van der Waals surface area contributed by atoms with Gasteiger partial charge < -0.3 is 29.8 Å². The summed E-state index contributed by atoms with van der Waals surface area (Å²) in [6, 6.07) is 3.66. The number of carbonyl (C=O) groups is 1. The third-order valence-corrected chi connectivity index (χ3v) is 7.83. The maximum atomic E-state index is 12.4. The van der Waals surface area contributed by atoms with Crippen LogP contribution in [0.2, 0.25) is 0 Å². The first kappa shape index (κ1) is 22.7. The molecule has 0 bridgehead atoms. The summed E-state index contributed by atoms with van der Waals surface area (Å²) in [7, 11) is 1.49. The van der Waals surface area contributed by atoms with E-state index in [9.17, 15) is 15.0 Å². The molecule has 3 unspecified atom stereocenters. The minimum Gasteiger partial charge on any atom is -0.489 e. The summed E-state index contributed by atoms with van der Waals surface area (Å²) in [6.45, 7) is 8.27. The second-order valence-electron chi connectivity index (χ2n) is 10.00. The summed E-state index contributed by atoms with van der Waals surface area (Å²) in [4.78, 5) is 17.6. The second kappa shape index (κ2) is 7.45. The molecule has 3 N–H and O–H groups in total. The number of nitrogens with zero attached hydrogens (tertiary/aromatic N) is 1. The first-order chi connectivity index (χ1) is 16.1. The summed E-state index contributed by atoms with van der Waals surface area (Å²) in [6.07, 6.45) is 5.60. The predicted octanol–water partition coefficient (Wildman–Crippen LogP) is 2.92. The Morgan fingerprint density at radius 3 is 2.74 bits per heavy atom. The van der Waals surface area contributed by atoms with Gasteiger partial charge >= 0.3 is 0 Å². The molecule has 8 nitrogen and oxygen atoms in total. The molecule has 1 aromatic rings. The van der Waals surface area contributed by atoms with Crippen molar-refractivity contribution in [2.75, 3.05) is 20.3 Å². The summed E-state index contributed by atoms with van der Waals surface area (Å²) in [5.41, 5.74) is 2.41. The molecule has 0 fully saturated rings. The van der Waals surface area contributed by atoms with Crippen molar-refractivity contribution in [2.45, 2.75) is 45.9 Å². The van der Waals surface area contributed by atoms with Crippen LogP contribution in [0, 0.1) is 10.8 Å². The molecule has 0 radical (unpaired) electrons. The SMILES string of the molecule is CON=C1C(OCCO)=CC23Oc4c(ccc5c4C(O)NC5=O)CC2(C)C(C)=CC=C3C1(C)C. The van der Waals surface area contributed by atoms with Gasteiger partial charge in [-0.05, 0) is 30.5 Å². The van der Waals surface area contributed by atoms with Crippen molar-refractivity contribution >= 4 is 11.6 Å². The molecule has 8 heteroatoms. The molecule has 2 aliphatic carbocycles. The number of allylic oxidation sites excluding steroid dienone is 3. The Balaban J connectivity index is 1.80. The van der Waals surface area contributed by atoms with Crippen molar-refractivity contribution in [1.82, 2.24) is 5.32 Å². The number of fused-ring (bicyclic) bond motifs is 3. The van der Waals surface area contributed by atoms with Crippen molar-refractivity contribution in [1.29, 1.82) is 0 Å². The van der Waals surface area contributed by atoms with Gasteiger partial charge in [-0.15, -0.1) is 0 Å². The fourth-order valence-corrected chi connectivity index (χ4v) is 5.88. The fraction of sp³-hybridized carbons (Fsp3) is 0.462. The number of ether oxygens (including phenoxy) is 2. The van der Waals surface area contributed by atoms with E-state index in [1.807, 2.05) is 26.0 Å². The molecule has 2 aliphatic heterocycles. The van der Waals surface area contributed by atoms with Crippen molar-refractivity contribution in [3.05, 3.63) is 64.0 Å². The van der Waals surface area contributed by atoms with Crippen LogP contribution in [0.15, 0.2) is 52.4 Å². The Kier molecular flexibility index (Phi) is 4.97. The summed E-state index contributed by atoms with van der Waals surface area (Å²) < 4.78 is 12.9. The van der Waals surface area contributed by atoms with Crippen molar-refractivity contribution in [2.24, 2.45) is 16.0 Å². The molecule has 1 amide bonds. The van der Waals surface area contributed by atoms with Crippen LogP contribution in [-0.2, 0) is 16.0 Å². The summed E-state index contributed by atoms with van der Waals surface area (Å²) in [5, 5.41) is 27.0. The Hall–Kier alpha value is -3.10.